The van der Waals surface area contributed by atoms with Gasteiger partial charge in [-0.3, -0.25) is 4.79 Å². The van der Waals surface area contributed by atoms with E-state index in [4.69, 9.17) is 0 Å². The normalized spacial score (nSPS) is 27.6. The summed E-state index contributed by atoms with van der Waals surface area (Å²) in [6, 6.07) is 8.30. The summed E-state index contributed by atoms with van der Waals surface area (Å²) in [5.74, 6) is 1.50. The van der Waals surface area contributed by atoms with Crippen LogP contribution in [-0.2, 0) is 11.2 Å². The minimum atomic E-state index is -0.0179. The quantitative estimate of drug-likeness (QED) is 0.893. The van der Waals surface area contributed by atoms with Gasteiger partial charge in [0.05, 0.1) is 6.42 Å². The molecule has 0 radical (unpaired) electrons. The Balaban J connectivity index is 1.73. The van der Waals surface area contributed by atoms with Crippen LogP contribution >= 0.6 is 0 Å². The molecule has 1 N–H and O–H groups in total. The first-order chi connectivity index (χ1) is 9.48. The number of hydrogen-bond acceptors (Lipinski definition) is 2. The second-order valence-electron chi connectivity index (χ2n) is 6.85. The van der Waals surface area contributed by atoms with Gasteiger partial charge < -0.3 is 10.2 Å². The van der Waals surface area contributed by atoms with Gasteiger partial charge in [0, 0.05) is 25.2 Å². The number of carbonyl (C=O) groups excluding carboxylic acids is 1. The largest absolute Gasteiger partial charge is 0.337 e. The summed E-state index contributed by atoms with van der Waals surface area (Å²) in [5, 5.41) is 3.46. The molecule has 2 fully saturated rings. The topological polar surface area (TPSA) is 32.3 Å². The first kappa shape index (κ1) is 13.6. The van der Waals surface area contributed by atoms with E-state index in [1.54, 1.807) is 0 Å². The maximum absolute atomic E-state index is 12.7. The van der Waals surface area contributed by atoms with Crippen molar-refractivity contribution in [2.24, 2.45) is 11.8 Å². The maximum Gasteiger partial charge on any atom is 0.227 e. The Kier molecular flexibility index (Phi) is 3.33. The molecule has 0 bridgehead atoms. The van der Waals surface area contributed by atoms with Gasteiger partial charge in [0.2, 0.25) is 5.91 Å². The zero-order chi connectivity index (χ0) is 14.3. The monoisotopic (exact) mass is 272 g/mol. The molecule has 0 spiro atoms. The van der Waals surface area contributed by atoms with Crippen LogP contribution in [-0.4, -0.2) is 36.0 Å². The van der Waals surface area contributed by atoms with Crippen LogP contribution in [0.15, 0.2) is 24.3 Å². The summed E-state index contributed by atoms with van der Waals surface area (Å²) < 4.78 is 0. The van der Waals surface area contributed by atoms with Crippen molar-refractivity contribution < 1.29 is 4.79 Å². The molecule has 2 aliphatic heterocycles. The Morgan fingerprint density at radius 2 is 2.00 bits per heavy atom. The number of fused-ring (bicyclic) bond motifs is 1. The lowest BCUT2D eigenvalue weighted by atomic mass is 9.85. The van der Waals surface area contributed by atoms with Crippen molar-refractivity contribution in [3.05, 3.63) is 35.4 Å². The van der Waals surface area contributed by atoms with E-state index in [1.165, 1.54) is 5.56 Å². The van der Waals surface area contributed by atoms with Crippen LogP contribution in [0.25, 0.3) is 0 Å². The first-order valence-corrected chi connectivity index (χ1v) is 7.55. The van der Waals surface area contributed by atoms with Crippen LogP contribution in [0.3, 0.4) is 0 Å². The van der Waals surface area contributed by atoms with E-state index in [9.17, 15) is 4.79 Å². The highest BCUT2D eigenvalue weighted by atomic mass is 16.2. The van der Waals surface area contributed by atoms with Gasteiger partial charge in [0.15, 0.2) is 0 Å². The molecule has 2 heterocycles. The lowest BCUT2D eigenvalue weighted by molar-refractivity contribution is -0.134. The second-order valence-corrected chi connectivity index (χ2v) is 6.85. The minimum Gasteiger partial charge on any atom is -0.337 e. The highest BCUT2D eigenvalue weighted by Gasteiger charge is 2.50. The van der Waals surface area contributed by atoms with Crippen molar-refractivity contribution in [2.75, 3.05) is 19.6 Å². The molecule has 2 saturated heterocycles. The summed E-state index contributed by atoms with van der Waals surface area (Å²) >= 11 is 0. The van der Waals surface area contributed by atoms with Gasteiger partial charge in [0.1, 0.15) is 0 Å². The van der Waals surface area contributed by atoms with E-state index >= 15 is 0 Å². The van der Waals surface area contributed by atoms with E-state index in [0.717, 1.165) is 25.2 Å². The molecule has 0 aromatic heterocycles. The van der Waals surface area contributed by atoms with E-state index in [0.29, 0.717) is 18.3 Å². The molecule has 3 nitrogen and oxygen atoms in total. The summed E-state index contributed by atoms with van der Waals surface area (Å²) in [4.78, 5) is 14.8. The van der Waals surface area contributed by atoms with Crippen LogP contribution in [0, 0.1) is 18.8 Å². The molecule has 20 heavy (non-hydrogen) atoms. The van der Waals surface area contributed by atoms with E-state index in [2.05, 4.69) is 55.3 Å². The van der Waals surface area contributed by atoms with E-state index in [1.807, 2.05) is 0 Å². The fraction of sp³-hybridized carbons (Fsp3) is 0.588. The number of amides is 1. The average molecular weight is 272 g/mol. The fourth-order valence-corrected chi connectivity index (χ4v) is 3.82. The molecule has 1 aromatic carbocycles. The molecule has 1 aromatic rings. The number of hydrogen-bond donors (Lipinski definition) is 1. The lowest BCUT2D eigenvalue weighted by Gasteiger charge is -2.35. The molecule has 1 amide bonds. The third-order valence-electron chi connectivity index (χ3n) is 5.14. The standard InChI is InChI=1S/C17H24N2O/c1-12-4-6-13(7-5-12)8-16(20)19-11-14-9-18-10-15(14)17(19,2)3/h4-7,14-15,18H,8-11H2,1-3H3. The Labute approximate surface area is 121 Å². The number of nitrogens with zero attached hydrogens (tertiary/aromatic N) is 1. The third-order valence-corrected chi connectivity index (χ3v) is 5.14. The number of benzene rings is 1. The van der Waals surface area contributed by atoms with Crippen molar-refractivity contribution in [3.63, 3.8) is 0 Å². The van der Waals surface area contributed by atoms with Crippen molar-refractivity contribution in [1.82, 2.24) is 10.2 Å². The Bertz CT molecular complexity index is 506. The van der Waals surface area contributed by atoms with Crippen molar-refractivity contribution >= 4 is 5.91 Å². The molecule has 3 rings (SSSR count). The summed E-state index contributed by atoms with van der Waals surface area (Å²) in [7, 11) is 0. The van der Waals surface area contributed by atoms with Crippen LogP contribution in [0.1, 0.15) is 25.0 Å². The van der Waals surface area contributed by atoms with Crippen molar-refractivity contribution in [1.29, 1.82) is 0 Å². The predicted octanol–water partition coefficient (Wildman–Crippen LogP) is 1.99. The van der Waals surface area contributed by atoms with Gasteiger partial charge in [0.25, 0.3) is 0 Å². The SMILES string of the molecule is Cc1ccc(CC(=O)N2CC3CNCC3C2(C)C)cc1. The van der Waals surface area contributed by atoms with Crippen LogP contribution in [0.4, 0.5) is 0 Å². The average Bonchev–Trinajstić information content (AvgIpc) is 2.95. The highest BCUT2D eigenvalue weighted by Crippen LogP contribution is 2.40. The van der Waals surface area contributed by atoms with Gasteiger partial charge in [-0.05, 0) is 38.2 Å². The Hall–Kier alpha value is -1.35. The third kappa shape index (κ3) is 2.24. The summed E-state index contributed by atoms with van der Waals surface area (Å²) in [6.45, 7) is 9.53. The van der Waals surface area contributed by atoms with Crippen molar-refractivity contribution in [2.45, 2.75) is 32.7 Å². The fourth-order valence-electron chi connectivity index (χ4n) is 3.82. The summed E-state index contributed by atoms with van der Waals surface area (Å²) in [6.07, 6.45) is 0.524. The van der Waals surface area contributed by atoms with Crippen LogP contribution < -0.4 is 5.32 Å². The molecule has 3 heteroatoms. The van der Waals surface area contributed by atoms with Crippen LogP contribution in [0.5, 0.6) is 0 Å². The zero-order valence-corrected chi connectivity index (χ0v) is 12.6. The van der Waals surface area contributed by atoms with Gasteiger partial charge in [-0.15, -0.1) is 0 Å². The second kappa shape index (κ2) is 4.88. The van der Waals surface area contributed by atoms with Crippen molar-refractivity contribution in [3.8, 4) is 0 Å². The first-order valence-electron chi connectivity index (χ1n) is 7.55. The lowest BCUT2D eigenvalue weighted by Crippen LogP contribution is -2.48. The van der Waals surface area contributed by atoms with E-state index in [-0.39, 0.29) is 11.4 Å². The number of rotatable bonds is 2. The van der Waals surface area contributed by atoms with Crippen LogP contribution in [0.2, 0.25) is 0 Å². The Morgan fingerprint density at radius 3 is 2.65 bits per heavy atom. The Morgan fingerprint density at radius 1 is 1.30 bits per heavy atom. The predicted molar refractivity (Wildman–Crippen MR) is 80.5 cm³/mol. The van der Waals surface area contributed by atoms with Gasteiger partial charge in [-0.2, -0.15) is 0 Å². The molecule has 108 valence electrons. The highest BCUT2D eigenvalue weighted by molar-refractivity contribution is 5.80. The van der Waals surface area contributed by atoms with E-state index < -0.39 is 0 Å². The number of carbonyl (C=O) groups is 1. The molecule has 0 saturated carbocycles. The van der Waals surface area contributed by atoms with Gasteiger partial charge >= 0.3 is 0 Å². The number of likely N-dealkylation sites (tertiary alicyclic amines) is 1. The number of nitrogens with one attached hydrogen (secondary N) is 1. The minimum absolute atomic E-state index is 0.0179. The molecule has 2 aliphatic rings. The molecule has 2 unspecified atom stereocenters. The molecular weight excluding hydrogens is 248 g/mol. The molecular formula is C17H24N2O. The van der Waals surface area contributed by atoms with Gasteiger partial charge in [-0.25, -0.2) is 0 Å². The van der Waals surface area contributed by atoms with Gasteiger partial charge in [-0.1, -0.05) is 29.8 Å². The molecule has 2 atom stereocenters. The summed E-state index contributed by atoms with van der Waals surface area (Å²) in [5.41, 5.74) is 2.34. The number of aryl methyl sites for hydroxylation is 1. The maximum atomic E-state index is 12.7. The molecule has 0 aliphatic carbocycles. The smallest absolute Gasteiger partial charge is 0.227 e. The zero-order valence-electron chi connectivity index (χ0n) is 12.6.